The Hall–Kier alpha value is -1.77. The number of piperazine rings is 1. The molecule has 0 unspecified atom stereocenters. The lowest BCUT2D eigenvalue weighted by Gasteiger charge is -2.32. The summed E-state index contributed by atoms with van der Waals surface area (Å²) in [4.78, 5) is 24.9. The van der Waals surface area contributed by atoms with Crippen LogP contribution in [-0.2, 0) is 4.79 Å². The Balaban J connectivity index is 2.31. The van der Waals surface area contributed by atoms with Crippen LogP contribution >= 0.6 is 0 Å². The van der Waals surface area contributed by atoms with Gasteiger partial charge in [0.25, 0.3) is 0 Å². The van der Waals surface area contributed by atoms with Crippen LogP contribution in [-0.4, -0.2) is 55.0 Å². The van der Waals surface area contributed by atoms with Gasteiger partial charge in [0.1, 0.15) is 6.54 Å². The van der Waals surface area contributed by atoms with Gasteiger partial charge in [0.15, 0.2) is 0 Å². The topological polar surface area (TPSA) is 76.4 Å². The van der Waals surface area contributed by atoms with Crippen LogP contribution in [0.25, 0.3) is 0 Å². The lowest BCUT2D eigenvalue weighted by molar-refractivity contribution is -0.119. The second-order valence-electron chi connectivity index (χ2n) is 2.95. The summed E-state index contributed by atoms with van der Waals surface area (Å²) in [6, 6.07) is 1.59. The summed E-state index contributed by atoms with van der Waals surface area (Å²) in [6.07, 6.45) is 0.782. The molecule has 6 heteroatoms. The summed E-state index contributed by atoms with van der Waals surface area (Å²) in [6.45, 7) is 2.19. The fourth-order valence-corrected chi connectivity index (χ4v) is 1.26. The van der Waals surface area contributed by atoms with E-state index in [1.54, 1.807) is 9.80 Å². The molecule has 3 amide bonds. The van der Waals surface area contributed by atoms with Crippen molar-refractivity contribution in [3.8, 4) is 6.07 Å². The van der Waals surface area contributed by atoms with Crippen molar-refractivity contribution in [3.05, 3.63) is 0 Å². The number of carbonyl (C=O) groups is 2. The third kappa shape index (κ3) is 2.62. The van der Waals surface area contributed by atoms with Crippen molar-refractivity contribution in [2.45, 2.75) is 0 Å². The number of hydrogen-bond donors (Lipinski definition) is 1. The van der Waals surface area contributed by atoms with E-state index in [0.717, 1.165) is 6.41 Å². The Morgan fingerprint density at radius 3 is 2.57 bits per heavy atom. The van der Waals surface area contributed by atoms with E-state index in [4.69, 9.17) is 5.26 Å². The van der Waals surface area contributed by atoms with E-state index < -0.39 is 0 Å². The quantitative estimate of drug-likeness (QED) is 0.454. The van der Waals surface area contributed by atoms with Gasteiger partial charge >= 0.3 is 6.03 Å². The molecule has 1 N–H and O–H groups in total. The number of nitrogens with zero attached hydrogens (tertiary/aromatic N) is 3. The molecule has 0 radical (unpaired) electrons. The van der Waals surface area contributed by atoms with Gasteiger partial charge in [0.2, 0.25) is 6.41 Å². The largest absolute Gasteiger partial charge is 0.342 e. The van der Waals surface area contributed by atoms with Crippen molar-refractivity contribution in [1.29, 1.82) is 5.26 Å². The first kappa shape index (κ1) is 10.3. The number of amides is 3. The minimum atomic E-state index is -0.239. The first-order valence-electron chi connectivity index (χ1n) is 4.37. The summed E-state index contributed by atoms with van der Waals surface area (Å²) in [5.41, 5.74) is 0. The SMILES string of the molecule is N#CCNC(=O)N1CCN(C=O)CC1. The molecule has 1 rings (SSSR count). The number of urea groups is 1. The first-order chi connectivity index (χ1) is 6.77. The van der Waals surface area contributed by atoms with E-state index >= 15 is 0 Å². The molecular weight excluding hydrogens is 184 g/mol. The first-order valence-corrected chi connectivity index (χ1v) is 4.37. The third-order valence-electron chi connectivity index (χ3n) is 2.07. The Morgan fingerprint density at radius 1 is 1.43 bits per heavy atom. The minimum absolute atomic E-state index is 0.0206. The molecule has 0 bridgehead atoms. The number of carbonyl (C=O) groups excluding carboxylic acids is 2. The van der Waals surface area contributed by atoms with Gasteiger partial charge in [-0.2, -0.15) is 5.26 Å². The van der Waals surface area contributed by atoms with E-state index in [9.17, 15) is 9.59 Å². The molecule has 0 aliphatic carbocycles. The van der Waals surface area contributed by atoms with Crippen LogP contribution in [0.3, 0.4) is 0 Å². The summed E-state index contributed by atoms with van der Waals surface area (Å²) in [5, 5.41) is 10.7. The smallest absolute Gasteiger partial charge is 0.318 e. The fourth-order valence-electron chi connectivity index (χ4n) is 1.26. The molecule has 0 saturated carbocycles. The zero-order chi connectivity index (χ0) is 10.4. The van der Waals surface area contributed by atoms with E-state index in [0.29, 0.717) is 26.2 Å². The van der Waals surface area contributed by atoms with E-state index in [1.807, 2.05) is 6.07 Å². The maximum absolute atomic E-state index is 11.3. The van der Waals surface area contributed by atoms with Gasteiger partial charge in [-0.3, -0.25) is 4.79 Å². The molecule has 0 aromatic heterocycles. The fraction of sp³-hybridized carbons (Fsp3) is 0.625. The van der Waals surface area contributed by atoms with E-state index in [1.165, 1.54) is 0 Å². The van der Waals surface area contributed by atoms with Crippen LogP contribution in [0.4, 0.5) is 4.79 Å². The molecule has 0 atom stereocenters. The van der Waals surface area contributed by atoms with Crippen molar-refractivity contribution < 1.29 is 9.59 Å². The van der Waals surface area contributed by atoms with Crippen molar-refractivity contribution in [3.63, 3.8) is 0 Å². The van der Waals surface area contributed by atoms with Gasteiger partial charge in [-0.1, -0.05) is 0 Å². The lowest BCUT2D eigenvalue weighted by atomic mass is 10.3. The number of nitrogens with one attached hydrogen (secondary N) is 1. The lowest BCUT2D eigenvalue weighted by Crippen LogP contribution is -2.51. The van der Waals surface area contributed by atoms with E-state index in [-0.39, 0.29) is 12.6 Å². The molecule has 0 spiro atoms. The van der Waals surface area contributed by atoms with Crippen LogP contribution in [0.15, 0.2) is 0 Å². The highest BCUT2D eigenvalue weighted by atomic mass is 16.2. The number of nitriles is 1. The summed E-state index contributed by atoms with van der Waals surface area (Å²) in [7, 11) is 0. The molecule has 1 heterocycles. The highest BCUT2D eigenvalue weighted by Crippen LogP contribution is 1.99. The second kappa shape index (κ2) is 5.07. The molecule has 0 aromatic carbocycles. The second-order valence-corrected chi connectivity index (χ2v) is 2.95. The predicted octanol–water partition coefficient (Wildman–Crippen LogP) is -1.01. The molecule has 14 heavy (non-hydrogen) atoms. The van der Waals surface area contributed by atoms with Crippen LogP contribution in [0.1, 0.15) is 0 Å². The van der Waals surface area contributed by atoms with Gasteiger partial charge in [0.05, 0.1) is 6.07 Å². The van der Waals surface area contributed by atoms with Gasteiger partial charge in [-0.05, 0) is 0 Å². The summed E-state index contributed by atoms with van der Waals surface area (Å²) < 4.78 is 0. The average molecular weight is 196 g/mol. The minimum Gasteiger partial charge on any atom is -0.342 e. The maximum atomic E-state index is 11.3. The maximum Gasteiger partial charge on any atom is 0.318 e. The summed E-state index contributed by atoms with van der Waals surface area (Å²) in [5.74, 6) is 0. The predicted molar refractivity (Wildman–Crippen MR) is 48.2 cm³/mol. The third-order valence-corrected chi connectivity index (χ3v) is 2.07. The van der Waals surface area contributed by atoms with E-state index in [2.05, 4.69) is 5.32 Å². The van der Waals surface area contributed by atoms with Crippen molar-refractivity contribution in [2.75, 3.05) is 32.7 Å². The van der Waals surface area contributed by atoms with Crippen LogP contribution < -0.4 is 5.32 Å². The molecule has 1 fully saturated rings. The highest BCUT2D eigenvalue weighted by Gasteiger charge is 2.19. The van der Waals surface area contributed by atoms with Gasteiger partial charge < -0.3 is 15.1 Å². The van der Waals surface area contributed by atoms with Gasteiger partial charge in [-0.15, -0.1) is 0 Å². The van der Waals surface area contributed by atoms with Crippen LogP contribution in [0.2, 0.25) is 0 Å². The Labute approximate surface area is 82.1 Å². The normalized spacial score (nSPS) is 15.9. The van der Waals surface area contributed by atoms with Gasteiger partial charge in [0, 0.05) is 26.2 Å². The van der Waals surface area contributed by atoms with Crippen molar-refractivity contribution in [1.82, 2.24) is 15.1 Å². The zero-order valence-electron chi connectivity index (χ0n) is 7.77. The number of hydrogen-bond acceptors (Lipinski definition) is 3. The molecule has 1 aliphatic heterocycles. The van der Waals surface area contributed by atoms with Crippen LogP contribution in [0, 0.1) is 11.3 Å². The summed E-state index contributed by atoms with van der Waals surface area (Å²) >= 11 is 0. The van der Waals surface area contributed by atoms with Crippen molar-refractivity contribution >= 4 is 12.4 Å². The monoisotopic (exact) mass is 196 g/mol. The molecule has 0 aromatic rings. The Morgan fingerprint density at radius 2 is 2.07 bits per heavy atom. The molecule has 1 aliphatic rings. The van der Waals surface area contributed by atoms with Crippen LogP contribution in [0.5, 0.6) is 0 Å². The van der Waals surface area contributed by atoms with Gasteiger partial charge in [-0.25, -0.2) is 4.79 Å². The molecule has 1 saturated heterocycles. The molecule has 6 nitrogen and oxygen atoms in total. The Bertz CT molecular complexity index is 253. The standard InChI is InChI=1S/C8H12N4O2/c9-1-2-10-8(14)12-5-3-11(7-13)4-6-12/h7H,2-6H2,(H,10,14). The van der Waals surface area contributed by atoms with Crippen molar-refractivity contribution in [2.24, 2.45) is 0 Å². The average Bonchev–Trinajstić information content (AvgIpc) is 2.26. The molecular formula is C8H12N4O2. The highest BCUT2D eigenvalue weighted by molar-refractivity contribution is 5.74. The Kier molecular flexibility index (Phi) is 3.73. The zero-order valence-corrected chi connectivity index (χ0v) is 7.77. The number of rotatable bonds is 2. The molecule has 76 valence electrons.